The highest BCUT2D eigenvalue weighted by molar-refractivity contribution is 9.11. The van der Waals surface area contributed by atoms with Gasteiger partial charge in [-0.3, -0.25) is 0 Å². The molecule has 0 radical (unpaired) electrons. The van der Waals surface area contributed by atoms with Crippen molar-refractivity contribution in [3.63, 3.8) is 0 Å². The van der Waals surface area contributed by atoms with Crippen LogP contribution in [0.25, 0.3) is 16.2 Å². The van der Waals surface area contributed by atoms with Crippen LogP contribution < -0.4 is 0 Å². The van der Waals surface area contributed by atoms with Gasteiger partial charge in [0.2, 0.25) is 0 Å². The molecular formula is C12H9BrN2S. The fourth-order valence-electron chi connectivity index (χ4n) is 1.72. The Kier molecular flexibility index (Phi) is 2.33. The first kappa shape index (κ1) is 10.1. The Labute approximate surface area is 106 Å². The second kappa shape index (κ2) is 3.71. The van der Waals surface area contributed by atoms with E-state index in [9.17, 15) is 0 Å². The van der Waals surface area contributed by atoms with Gasteiger partial charge in [-0.25, -0.2) is 4.98 Å². The van der Waals surface area contributed by atoms with Gasteiger partial charge >= 0.3 is 0 Å². The third-order valence-electron chi connectivity index (χ3n) is 2.50. The van der Waals surface area contributed by atoms with Crippen LogP contribution in [-0.2, 0) is 0 Å². The lowest BCUT2D eigenvalue weighted by Crippen LogP contribution is -1.83. The van der Waals surface area contributed by atoms with Gasteiger partial charge in [0.15, 0.2) is 0 Å². The van der Waals surface area contributed by atoms with Gasteiger partial charge in [0.1, 0.15) is 5.65 Å². The van der Waals surface area contributed by atoms with Gasteiger partial charge in [0, 0.05) is 12.4 Å². The van der Waals surface area contributed by atoms with Crippen molar-refractivity contribution < 1.29 is 0 Å². The minimum atomic E-state index is 1.03. The maximum atomic E-state index is 4.65. The first-order valence-electron chi connectivity index (χ1n) is 4.94. The van der Waals surface area contributed by atoms with E-state index < -0.39 is 0 Å². The van der Waals surface area contributed by atoms with Crippen molar-refractivity contribution in [3.8, 4) is 10.6 Å². The van der Waals surface area contributed by atoms with Gasteiger partial charge in [-0.1, -0.05) is 6.07 Å². The summed E-state index contributed by atoms with van der Waals surface area (Å²) in [5.74, 6) is 0. The Hall–Kier alpha value is -1.13. The van der Waals surface area contributed by atoms with Crippen LogP contribution in [0.3, 0.4) is 0 Å². The molecule has 0 aliphatic heterocycles. The molecule has 80 valence electrons. The number of pyridine rings is 1. The van der Waals surface area contributed by atoms with Crippen LogP contribution in [0.2, 0.25) is 0 Å². The molecule has 0 aliphatic carbocycles. The van der Waals surface area contributed by atoms with E-state index in [-0.39, 0.29) is 0 Å². The number of aromatic nitrogens is 2. The molecule has 3 rings (SSSR count). The zero-order valence-electron chi connectivity index (χ0n) is 8.64. The average Bonchev–Trinajstić information content (AvgIpc) is 2.84. The maximum Gasteiger partial charge on any atom is 0.140 e. The van der Waals surface area contributed by atoms with Crippen molar-refractivity contribution in [2.75, 3.05) is 0 Å². The van der Waals surface area contributed by atoms with E-state index in [1.165, 1.54) is 10.4 Å². The molecule has 0 saturated heterocycles. The molecule has 0 unspecified atom stereocenters. The molecule has 16 heavy (non-hydrogen) atoms. The van der Waals surface area contributed by atoms with E-state index in [1.807, 2.05) is 12.3 Å². The number of fused-ring (bicyclic) bond motifs is 1. The fraction of sp³-hybridized carbons (Fsp3) is 0.0833. The first-order chi connectivity index (χ1) is 7.74. The highest BCUT2D eigenvalue weighted by Crippen LogP contribution is 2.30. The van der Waals surface area contributed by atoms with Gasteiger partial charge in [-0.15, -0.1) is 11.3 Å². The van der Waals surface area contributed by atoms with Gasteiger partial charge in [0.05, 0.1) is 14.4 Å². The summed E-state index contributed by atoms with van der Waals surface area (Å²) in [5, 5.41) is 0. The summed E-state index contributed by atoms with van der Waals surface area (Å²) in [4.78, 5) is 5.84. The minimum Gasteiger partial charge on any atom is -0.306 e. The summed E-state index contributed by atoms with van der Waals surface area (Å²) in [6.45, 7) is 2.08. The van der Waals surface area contributed by atoms with Crippen molar-refractivity contribution in [2.45, 2.75) is 6.92 Å². The van der Waals surface area contributed by atoms with Crippen molar-refractivity contribution in [1.82, 2.24) is 9.38 Å². The van der Waals surface area contributed by atoms with Crippen molar-refractivity contribution in [2.24, 2.45) is 0 Å². The van der Waals surface area contributed by atoms with E-state index in [4.69, 9.17) is 0 Å². The van der Waals surface area contributed by atoms with E-state index in [2.05, 4.69) is 56.6 Å². The molecule has 3 aromatic rings. The van der Waals surface area contributed by atoms with Crippen LogP contribution in [0.5, 0.6) is 0 Å². The summed E-state index contributed by atoms with van der Waals surface area (Å²) in [7, 11) is 0. The Balaban J connectivity index is 2.22. The number of aryl methyl sites for hydroxylation is 1. The van der Waals surface area contributed by atoms with E-state index >= 15 is 0 Å². The molecular weight excluding hydrogens is 284 g/mol. The van der Waals surface area contributed by atoms with Crippen LogP contribution in [-0.4, -0.2) is 9.38 Å². The van der Waals surface area contributed by atoms with Crippen LogP contribution in [0.4, 0.5) is 0 Å². The molecule has 3 aromatic heterocycles. The smallest absolute Gasteiger partial charge is 0.140 e. The topological polar surface area (TPSA) is 17.3 Å². The number of halogens is 1. The number of imidazole rings is 1. The quantitative estimate of drug-likeness (QED) is 0.659. The van der Waals surface area contributed by atoms with Crippen molar-refractivity contribution in [3.05, 3.63) is 46.0 Å². The standard InChI is InChI=1S/C12H9BrN2S/c1-8-3-2-6-15-7-9(14-12(8)15)10-4-5-11(13)16-10/h2-7H,1H3. The SMILES string of the molecule is Cc1cccn2cc(-c3ccc(Br)s3)nc12. The molecule has 0 aromatic carbocycles. The Morgan fingerprint density at radius 3 is 2.88 bits per heavy atom. The van der Waals surface area contributed by atoms with Crippen molar-refractivity contribution >= 4 is 32.9 Å². The number of hydrogen-bond acceptors (Lipinski definition) is 2. The molecule has 0 N–H and O–H groups in total. The Morgan fingerprint density at radius 1 is 1.31 bits per heavy atom. The van der Waals surface area contributed by atoms with E-state index in [0.717, 1.165) is 15.1 Å². The monoisotopic (exact) mass is 292 g/mol. The molecule has 0 spiro atoms. The molecule has 0 atom stereocenters. The molecule has 0 aliphatic rings. The molecule has 4 heteroatoms. The Morgan fingerprint density at radius 2 is 2.19 bits per heavy atom. The highest BCUT2D eigenvalue weighted by Gasteiger charge is 2.07. The highest BCUT2D eigenvalue weighted by atomic mass is 79.9. The second-order valence-electron chi connectivity index (χ2n) is 3.65. The maximum absolute atomic E-state index is 4.65. The number of nitrogens with zero attached hydrogens (tertiary/aromatic N) is 2. The number of hydrogen-bond donors (Lipinski definition) is 0. The summed E-state index contributed by atoms with van der Waals surface area (Å²) < 4.78 is 3.20. The fourth-order valence-corrected chi connectivity index (χ4v) is 3.06. The number of rotatable bonds is 1. The summed E-state index contributed by atoms with van der Waals surface area (Å²) in [5.41, 5.74) is 3.26. The summed E-state index contributed by atoms with van der Waals surface area (Å²) >= 11 is 5.17. The lowest BCUT2D eigenvalue weighted by Gasteiger charge is -1.93. The predicted octanol–water partition coefficient (Wildman–Crippen LogP) is 4.13. The third-order valence-corrected chi connectivity index (χ3v) is 4.15. The van der Waals surface area contributed by atoms with E-state index in [0.29, 0.717) is 0 Å². The largest absolute Gasteiger partial charge is 0.306 e. The lowest BCUT2D eigenvalue weighted by molar-refractivity contribution is 1.16. The van der Waals surface area contributed by atoms with E-state index in [1.54, 1.807) is 11.3 Å². The lowest BCUT2D eigenvalue weighted by atomic mass is 10.3. The first-order valence-corrected chi connectivity index (χ1v) is 6.55. The molecule has 0 fully saturated rings. The van der Waals surface area contributed by atoms with Gasteiger partial charge in [-0.2, -0.15) is 0 Å². The van der Waals surface area contributed by atoms with Crippen LogP contribution in [0.1, 0.15) is 5.56 Å². The molecule has 3 heterocycles. The van der Waals surface area contributed by atoms with Crippen LogP contribution in [0, 0.1) is 6.92 Å². The third kappa shape index (κ3) is 1.58. The zero-order valence-corrected chi connectivity index (χ0v) is 11.0. The van der Waals surface area contributed by atoms with Gasteiger partial charge in [-0.05, 0) is 46.6 Å². The molecule has 0 saturated carbocycles. The van der Waals surface area contributed by atoms with Crippen LogP contribution in [0.15, 0.2) is 40.4 Å². The van der Waals surface area contributed by atoms with Crippen molar-refractivity contribution in [1.29, 1.82) is 0 Å². The zero-order chi connectivity index (χ0) is 11.1. The summed E-state index contributed by atoms with van der Waals surface area (Å²) in [6, 6.07) is 8.26. The summed E-state index contributed by atoms with van der Waals surface area (Å²) in [6.07, 6.45) is 4.10. The second-order valence-corrected chi connectivity index (χ2v) is 6.11. The number of thiophene rings is 1. The van der Waals surface area contributed by atoms with Crippen LogP contribution >= 0.6 is 27.3 Å². The normalized spacial score (nSPS) is 11.1. The molecule has 2 nitrogen and oxygen atoms in total. The average molecular weight is 293 g/mol. The van der Waals surface area contributed by atoms with Gasteiger partial charge in [0.25, 0.3) is 0 Å². The Bertz CT molecular complexity index is 654. The molecule has 0 bridgehead atoms. The minimum absolute atomic E-state index is 1.03. The molecule has 0 amide bonds. The van der Waals surface area contributed by atoms with Gasteiger partial charge < -0.3 is 4.40 Å². The predicted molar refractivity (Wildman–Crippen MR) is 70.9 cm³/mol.